The van der Waals surface area contributed by atoms with E-state index in [0.29, 0.717) is 18.0 Å². The van der Waals surface area contributed by atoms with Crippen LogP contribution in [-0.4, -0.2) is 88.7 Å². The van der Waals surface area contributed by atoms with Crippen LogP contribution in [0.2, 0.25) is 0 Å². The van der Waals surface area contributed by atoms with Crippen molar-refractivity contribution in [2.24, 2.45) is 23.2 Å². The number of rotatable bonds is 10. The fourth-order valence-electron chi connectivity index (χ4n) is 6.68. The monoisotopic (exact) mass is 578 g/mol. The maximum absolute atomic E-state index is 13.9. The summed E-state index contributed by atoms with van der Waals surface area (Å²) < 4.78 is 46.5. The Labute approximate surface area is 238 Å². The van der Waals surface area contributed by atoms with E-state index in [0.717, 1.165) is 0 Å². The first kappa shape index (κ1) is 31.1. The highest BCUT2D eigenvalue weighted by atomic mass is 19.3. The summed E-state index contributed by atoms with van der Waals surface area (Å²) in [5, 5.41) is 32.0. The molecule has 2 heterocycles. The van der Waals surface area contributed by atoms with E-state index in [1.807, 2.05) is 6.92 Å². The van der Waals surface area contributed by atoms with Crippen molar-refractivity contribution < 1.29 is 37.5 Å². The van der Waals surface area contributed by atoms with Crippen LogP contribution in [0.15, 0.2) is 24.3 Å². The molecule has 9 nitrogen and oxygen atoms in total. The van der Waals surface area contributed by atoms with Gasteiger partial charge in [0.25, 0.3) is 5.92 Å². The molecule has 6 atom stereocenters. The van der Waals surface area contributed by atoms with Crippen molar-refractivity contribution in [2.75, 3.05) is 26.2 Å². The number of ether oxygens (including phenoxy) is 1. The molecule has 4 rings (SSSR count). The van der Waals surface area contributed by atoms with E-state index < -0.39 is 60.3 Å². The van der Waals surface area contributed by atoms with E-state index in [4.69, 9.17) is 4.74 Å². The molecule has 0 radical (unpaired) electrons. The predicted molar refractivity (Wildman–Crippen MR) is 144 cm³/mol. The molecule has 2 saturated heterocycles. The number of hydrogen-bond acceptors (Lipinski definition) is 7. The molecule has 1 saturated carbocycles. The summed E-state index contributed by atoms with van der Waals surface area (Å²) in [5.74, 6) is -4.20. The van der Waals surface area contributed by atoms with Gasteiger partial charge in [0.2, 0.25) is 5.91 Å². The average molecular weight is 578 g/mol. The summed E-state index contributed by atoms with van der Waals surface area (Å²) in [7, 11) is -1.90. The first-order valence-electron chi connectivity index (χ1n) is 14.0. The number of carbonyl (C=O) groups is 2. The Morgan fingerprint density at radius 2 is 1.93 bits per heavy atom. The van der Waals surface area contributed by atoms with Crippen LogP contribution >= 0.6 is 0 Å². The van der Waals surface area contributed by atoms with Gasteiger partial charge >= 0.3 is 13.2 Å². The molecule has 2 amide bonds. The Kier molecular flexibility index (Phi) is 8.70. The molecule has 41 heavy (non-hydrogen) atoms. The van der Waals surface area contributed by atoms with Crippen molar-refractivity contribution >= 4 is 19.1 Å². The molecule has 224 valence electrons. The third-order valence-electron chi connectivity index (χ3n) is 9.10. The smallest absolute Gasteiger partial charge is 0.447 e. The van der Waals surface area contributed by atoms with Crippen LogP contribution in [0, 0.1) is 40.3 Å². The van der Waals surface area contributed by atoms with Gasteiger partial charge in [-0.2, -0.15) is 5.26 Å². The molecular formula is C28H38BF3N4O5. The zero-order valence-electron chi connectivity index (χ0n) is 23.8. The van der Waals surface area contributed by atoms with Crippen molar-refractivity contribution in [3.63, 3.8) is 0 Å². The lowest BCUT2D eigenvalue weighted by Gasteiger charge is -2.41. The first-order chi connectivity index (χ1) is 19.1. The number of halogens is 3. The second kappa shape index (κ2) is 11.5. The molecule has 2 aliphatic heterocycles. The number of alkyl carbamates (subject to hydrolysis) is 1. The van der Waals surface area contributed by atoms with Gasteiger partial charge in [-0.3, -0.25) is 9.69 Å². The molecule has 0 aromatic heterocycles. The van der Waals surface area contributed by atoms with Gasteiger partial charge in [0.1, 0.15) is 17.8 Å². The Morgan fingerprint density at radius 3 is 2.49 bits per heavy atom. The van der Waals surface area contributed by atoms with Gasteiger partial charge in [0, 0.05) is 25.0 Å². The minimum absolute atomic E-state index is 0.0160. The van der Waals surface area contributed by atoms with Crippen molar-refractivity contribution in [3.05, 3.63) is 35.6 Å². The summed E-state index contributed by atoms with van der Waals surface area (Å²) in [6, 6.07) is 7.06. The molecular weight excluding hydrogens is 540 g/mol. The lowest BCUT2D eigenvalue weighted by Crippen LogP contribution is -2.53. The second-order valence-corrected chi connectivity index (χ2v) is 12.7. The first-order valence-corrected chi connectivity index (χ1v) is 14.0. The number of alkyl halides is 2. The topological polar surface area (TPSA) is 126 Å². The number of likely N-dealkylation sites (tertiary alicyclic amines) is 2. The molecule has 1 aliphatic carbocycles. The molecule has 1 aromatic rings. The van der Waals surface area contributed by atoms with E-state index in [1.54, 1.807) is 23.6 Å². The number of piperidine rings is 1. The van der Waals surface area contributed by atoms with Crippen molar-refractivity contribution in [1.82, 2.24) is 15.1 Å². The number of amides is 2. The highest BCUT2D eigenvalue weighted by Gasteiger charge is 2.62. The maximum atomic E-state index is 13.9. The zero-order chi connectivity index (χ0) is 30.3. The standard InChI is InChI=1S/C28H38BF3N4O5/c1-17-20-12-36(24(37)27(4,15-33)14-26(2,3)35-10-9-28(31,32)16-35)21(23(17)20)13-41-25(38)34-22(29(39)40)11-18-5-7-19(30)8-6-18/h5-8,17,20-23,39-40H,9-14,16H2,1-4H3,(H,34,38)/t17?,20?,21-,22-,23?,27?/m0/s1. The van der Waals surface area contributed by atoms with E-state index in [9.17, 15) is 38.1 Å². The molecule has 1 aromatic carbocycles. The molecule has 3 N–H and O–H groups in total. The summed E-state index contributed by atoms with van der Waals surface area (Å²) in [5.41, 5.74) is -1.74. The summed E-state index contributed by atoms with van der Waals surface area (Å²) in [4.78, 5) is 29.7. The Bertz CT molecular complexity index is 1180. The van der Waals surface area contributed by atoms with Gasteiger partial charge in [0.05, 0.1) is 24.6 Å². The van der Waals surface area contributed by atoms with Gasteiger partial charge in [-0.15, -0.1) is 0 Å². The van der Waals surface area contributed by atoms with E-state index in [2.05, 4.69) is 11.4 Å². The van der Waals surface area contributed by atoms with Gasteiger partial charge < -0.3 is 25.0 Å². The van der Waals surface area contributed by atoms with Crippen LogP contribution in [0.25, 0.3) is 0 Å². The Morgan fingerprint density at radius 1 is 1.27 bits per heavy atom. The fourth-order valence-corrected chi connectivity index (χ4v) is 6.68. The molecule has 13 heteroatoms. The van der Waals surface area contributed by atoms with Crippen LogP contribution in [0.4, 0.5) is 18.0 Å². The normalized spacial score (nSPS) is 27.4. The number of fused-ring (bicyclic) bond motifs is 1. The van der Waals surface area contributed by atoms with Crippen molar-refractivity contribution in [1.29, 1.82) is 5.26 Å². The molecule has 4 unspecified atom stereocenters. The van der Waals surface area contributed by atoms with E-state index in [-0.39, 0.29) is 44.2 Å². The van der Waals surface area contributed by atoms with Crippen LogP contribution in [0.5, 0.6) is 0 Å². The number of benzene rings is 1. The molecule has 3 aliphatic rings. The molecule has 3 fully saturated rings. The second-order valence-electron chi connectivity index (χ2n) is 12.7. The van der Waals surface area contributed by atoms with Crippen molar-refractivity contribution in [2.45, 2.75) is 70.4 Å². The number of hydrogen-bond donors (Lipinski definition) is 3. The lowest BCUT2D eigenvalue weighted by molar-refractivity contribution is -0.143. The third-order valence-corrected chi connectivity index (χ3v) is 9.10. The highest BCUT2D eigenvalue weighted by molar-refractivity contribution is 6.43. The van der Waals surface area contributed by atoms with E-state index >= 15 is 0 Å². The van der Waals surface area contributed by atoms with Crippen LogP contribution in [0.1, 0.15) is 46.1 Å². The fraction of sp³-hybridized carbons (Fsp3) is 0.679. The maximum Gasteiger partial charge on any atom is 0.475 e. The number of nitrogens with zero attached hydrogens (tertiary/aromatic N) is 3. The summed E-state index contributed by atoms with van der Waals surface area (Å²) in [6.45, 7) is 7.12. The largest absolute Gasteiger partial charge is 0.475 e. The van der Waals surface area contributed by atoms with Crippen LogP contribution in [0.3, 0.4) is 0 Å². The average Bonchev–Trinajstić information content (AvgIpc) is 3.20. The van der Waals surface area contributed by atoms with Gasteiger partial charge in [-0.05, 0) is 69.1 Å². The summed E-state index contributed by atoms with van der Waals surface area (Å²) in [6.07, 6.45) is -1.10. The SMILES string of the molecule is CC1C2CN(C(=O)C(C)(C#N)CC(C)(C)N3CCC(F)(F)C3)[C@@H](COC(=O)N[C@@H](Cc3ccc(F)cc3)B(O)O)C12. The minimum Gasteiger partial charge on any atom is -0.447 e. The third kappa shape index (κ3) is 6.82. The van der Waals surface area contributed by atoms with Crippen LogP contribution < -0.4 is 5.32 Å². The zero-order valence-corrected chi connectivity index (χ0v) is 23.8. The molecule has 0 spiro atoms. The number of carbonyl (C=O) groups excluding carboxylic acids is 2. The lowest BCUT2D eigenvalue weighted by atomic mass is 9.76. The highest BCUT2D eigenvalue weighted by Crippen LogP contribution is 2.56. The van der Waals surface area contributed by atoms with Gasteiger partial charge in [0.15, 0.2) is 0 Å². The Hall–Kier alpha value is -2.82. The van der Waals surface area contributed by atoms with E-state index in [1.165, 1.54) is 31.2 Å². The number of nitrogens with one attached hydrogen (secondary N) is 1. The minimum atomic E-state index is -2.80. The Balaban J connectivity index is 1.40. The predicted octanol–water partition coefficient (Wildman–Crippen LogP) is 2.61. The summed E-state index contributed by atoms with van der Waals surface area (Å²) >= 11 is 0. The quantitative estimate of drug-likeness (QED) is 0.365. The van der Waals surface area contributed by atoms with Gasteiger partial charge in [-0.25, -0.2) is 18.0 Å². The van der Waals surface area contributed by atoms with Gasteiger partial charge in [-0.1, -0.05) is 19.1 Å². The van der Waals surface area contributed by atoms with Crippen LogP contribution in [-0.2, 0) is 16.0 Å². The molecule has 0 bridgehead atoms. The number of nitriles is 1. The van der Waals surface area contributed by atoms with Crippen molar-refractivity contribution in [3.8, 4) is 6.07 Å².